The van der Waals surface area contributed by atoms with Crippen LogP contribution in [-0.2, 0) is 14.3 Å². The van der Waals surface area contributed by atoms with Crippen LogP contribution in [0.2, 0.25) is 0 Å². The number of hydrogen-bond donors (Lipinski definition) is 2. The van der Waals surface area contributed by atoms with Crippen LogP contribution in [0.25, 0.3) is 0 Å². The van der Waals surface area contributed by atoms with E-state index in [2.05, 4.69) is 0 Å². The summed E-state index contributed by atoms with van der Waals surface area (Å²) in [5.41, 5.74) is 0. The van der Waals surface area contributed by atoms with Crippen molar-refractivity contribution in [3.8, 4) is 0 Å². The zero-order chi connectivity index (χ0) is 9.56. The highest BCUT2D eigenvalue weighted by molar-refractivity contribution is 5.57. The van der Waals surface area contributed by atoms with Crippen molar-refractivity contribution in [3.63, 3.8) is 0 Å². The van der Waals surface area contributed by atoms with Gasteiger partial charge in [-0.15, -0.1) is 0 Å². The molecule has 5 nitrogen and oxygen atoms in total. The average molecular weight is 178 g/mol. The first-order valence-electron chi connectivity index (χ1n) is 3.51. The summed E-state index contributed by atoms with van der Waals surface area (Å²) in [7, 11) is 2.66. The van der Waals surface area contributed by atoms with E-state index >= 15 is 0 Å². The van der Waals surface area contributed by atoms with Gasteiger partial charge in [0.15, 0.2) is 6.29 Å². The maximum Gasteiger partial charge on any atom is 0.151 e. The van der Waals surface area contributed by atoms with Crippen LogP contribution in [-0.4, -0.2) is 55.6 Å². The van der Waals surface area contributed by atoms with E-state index in [4.69, 9.17) is 19.7 Å². The van der Waals surface area contributed by atoms with Gasteiger partial charge in [-0.1, -0.05) is 0 Å². The van der Waals surface area contributed by atoms with Crippen molar-refractivity contribution in [2.24, 2.45) is 0 Å². The highest BCUT2D eigenvalue weighted by atomic mass is 16.5. The van der Waals surface area contributed by atoms with Gasteiger partial charge in [0, 0.05) is 14.2 Å². The highest BCUT2D eigenvalue weighted by Crippen LogP contribution is 2.05. The third-order valence-electron chi connectivity index (χ3n) is 1.57. The smallest absolute Gasteiger partial charge is 0.151 e. The molecule has 0 bridgehead atoms. The minimum absolute atomic E-state index is 0.466. The Bertz CT molecular complexity index is 127. The minimum Gasteiger partial charge on any atom is -0.394 e. The normalized spacial score (nSPS) is 18.3. The number of aliphatic hydroxyl groups excluding tert-OH is 2. The van der Waals surface area contributed by atoms with Crippen LogP contribution in [0.15, 0.2) is 0 Å². The van der Waals surface area contributed by atoms with Gasteiger partial charge >= 0.3 is 0 Å². The number of carbonyl (C=O) groups is 1. The average Bonchev–Trinajstić information content (AvgIpc) is 2.12. The summed E-state index contributed by atoms with van der Waals surface area (Å²) in [4.78, 5) is 10.4. The van der Waals surface area contributed by atoms with Crippen LogP contribution in [0.1, 0.15) is 0 Å². The fourth-order valence-electron chi connectivity index (χ4n) is 0.881. The molecule has 72 valence electrons. The molecule has 0 heterocycles. The number of methoxy groups -OCH3 is 2. The van der Waals surface area contributed by atoms with E-state index in [1.807, 2.05) is 0 Å². The molecule has 0 aliphatic carbocycles. The van der Waals surface area contributed by atoms with Crippen molar-refractivity contribution >= 4 is 6.29 Å². The molecule has 0 saturated heterocycles. The molecule has 12 heavy (non-hydrogen) atoms. The molecule has 5 heteroatoms. The lowest BCUT2D eigenvalue weighted by molar-refractivity contribution is -0.136. The molecule has 0 aromatic heterocycles. The van der Waals surface area contributed by atoms with E-state index in [9.17, 15) is 4.79 Å². The van der Waals surface area contributed by atoms with E-state index in [1.165, 1.54) is 14.2 Å². The Labute approximate surface area is 70.9 Å². The van der Waals surface area contributed by atoms with E-state index in [0.717, 1.165) is 0 Å². The molecule has 0 aliphatic heterocycles. The molecular weight excluding hydrogens is 164 g/mol. The molecule has 0 radical (unpaired) electrons. The summed E-state index contributed by atoms with van der Waals surface area (Å²) in [6, 6.07) is 0. The van der Waals surface area contributed by atoms with E-state index in [1.54, 1.807) is 0 Å². The number of ether oxygens (including phenoxy) is 2. The van der Waals surface area contributed by atoms with Crippen molar-refractivity contribution in [3.05, 3.63) is 0 Å². The Kier molecular flexibility index (Phi) is 5.83. The van der Waals surface area contributed by atoms with Gasteiger partial charge in [-0.3, -0.25) is 0 Å². The first-order valence-corrected chi connectivity index (χ1v) is 3.51. The third-order valence-corrected chi connectivity index (χ3v) is 1.57. The van der Waals surface area contributed by atoms with E-state index in [-0.39, 0.29) is 0 Å². The lowest BCUT2D eigenvalue weighted by atomic mass is 10.1. The second kappa shape index (κ2) is 6.07. The van der Waals surface area contributed by atoms with Crippen LogP contribution < -0.4 is 0 Å². The maximum absolute atomic E-state index is 10.4. The van der Waals surface area contributed by atoms with Gasteiger partial charge in [0.25, 0.3) is 0 Å². The van der Waals surface area contributed by atoms with Crippen LogP contribution in [0.4, 0.5) is 0 Å². The standard InChI is InChI=1S/C7H14O5/c1-11-6(4-9)7(12-2)5(10)3-8/h4-8,10H,3H2,1-2H3/t5-,6-,7-/m0/s1. The maximum atomic E-state index is 10.4. The van der Waals surface area contributed by atoms with Crippen LogP contribution >= 0.6 is 0 Å². The van der Waals surface area contributed by atoms with Crippen molar-refractivity contribution in [2.45, 2.75) is 18.3 Å². The van der Waals surface area contributed by atoms with Crippen molar-refractivity contribution in [2.75, 3.05) is 20.8 Å². The molecule has 0 spiro atoms. The topological polar surface area (TPSA) is 76.0 Å². The van der Waals surface area contributed by atoms with Crippen LogP contribution in [0, 0.1) is 0 Å². The first-order chi connectivity index (χ1) is 5.71. The molecule has 0 aromatic rings. The van der Waals surface area contributed by atoms with Crippen molar-refractivity contribution in [1.82, 2.24) is 0 Å². The number of aliphatic hydroxyl groups is 2. The molecular formula is C7H14O5. The number of carbonyl (C=O) groups excluding carboxylic acids is 1. The van der Waals surface area contributed by atoms with Gasteiger partial charge in [0.2, 0.25) is 0 Å². The number of hydrogen-bond acceptors (Lipinski definition) is 5. The van der Waals surface area contributed by atoms with Crippen molar-refractivity contribution < 1.29 is 24.5 Å². The van der Waals surface area contributed by atoms with Gasteiger partial charge in [-0.25, -0.2) is 0 Å². The molecule has 0 fully saturated rings. The fraction of sp³-hybridized carbons (Fsp3) is 0.857. The zero-order valence-electron chi connectivity index (χ0n) is 7.14. The monoisotopic (exact) mass is 178 g/mol. The Morgan fingerprint density at radius 2 is 2.00 bits per heavy atom. The highest BCUT2D eigenvalue weighted by Gasteiger charge is 2.27. The van der Waals surface area contributed by atoms with Gasteiger partial charge in [-0.05, 0) is 0 Å². The lowest BCUT2D eigenvalue weighted by Crippen LogP contribution is -2.42. The summed E-state index contributed by atoms with van der Waals surface area (Å²) < 4.78 is 9.49. The third kappa shape index (κ3) is 2.86. The molecule has 0 saturated carbocycles. The molecule has 0 aromatic carbocycles. The van der Waals surface area contributed by atoms with Gasteiger partial charge < -0.3 is 24.5 Å². The summed E-state index contributed by atoms with van der Waals surface area (Å²) in [5.74, 6) is 0. The minimum atomic E-state index is -1.11. The molecule has 0 aliphatic rings. The molecule has 0 rings (SSSR count). The Morgan fingerprint density at radius 1 is 1.42 bits per heavy atom. The van der Waals surface area contributed by atoms with Gasteiger partial charge in [0.05, 0.1) is 6.61 Å². The molecule has 0 amide bonds. The molecule has 2 N–H and O–H groups in total. The van der Waals surface area contributed by atoms with Crippen LogP contribution in [0.5, 0.6) is 0 Å². The van der Waals surface area contributed by atoms with E-state index in [0.29, 0.717) is 6.29 Å². The Balaban J connectivity index is 4.19. The zero-order valence-corrected chi connectivity index (χ0v) is 7.14. The van der Waals surface area contributed by atoms with Gasteiger partial charge in [-0.2, -0.15) is 0 Å². The fourth-order valence-corrected chi connectivity index (χ4v) is 0.881. The predicted molar refractivity (Wildman–Crippen MR) is 40.8 cm³/mol. The summed E-state index contributed by atoms with van der Waals surface area (Å²) in [6.45, 7) is -0.466. The summed E-state index contributed by atoms with van der Waals surface area (Å²) in [6.07, 6.45) is -2.26. The Morgan fingerprint density at radius 3 is 2.25 bits per heavy atom. The second-order valence-corrected chi connectivity index (χ2v) is 2.29. The number of rotatable bonds is 6. The number of aldehydes is 1. The molecule has 3 atom stereocenters. The second-order valence-electron chi connectivity index (χ2n) is 2.29. The Hall–Kier alpha value is -0.490. The summed E-state index contributed by atoms with van der Waals surface area (Å²) in [5, 5.41) is 17.7. The molecule has 0 unspecified atom stereocenters. The summed E-state index contributed by atoms with van der Waals surface area (Å²) >= 11 is 0. The van der Waals surface area contributed by atoms with Crippen molar-refractivity contribution in [1.29, 1.82) is 0 Å². The first kappa shape index (κ1) is 11.5. The lowest BCUT2D eigenvalue weighted by Gasteiger charge is -2.23. The SMILES string of the molecule is CO[C@H]([C@H](C=O)OC)[C@@H](O)CO. The van der Waals surface area contributed by atoms with Gasteiger partial charge in [0.1, 0.15) is 18.3 Å². The quantitative estimate of drug-likeness (QED) is 0.488. The van der Waals surface area contributed by atoms with Crippen LogP contribution in [0.3, 0.4) is 0 Å². The largest absolute Gasteiger partial charge is 0.394 e. The van der Waals surface area contributed by atoms with E-state index < -0.39 is 24.9 Å². The predicted octanol–water partition coefficient (Wildman–Crippen LogP) is -1.43.